The summed E-state index contributed by atoms with van der Waals surface area (Å²) in [5.41, 5.74) is 4.42. The number of phenolic OH excluding ortho intramolecular Hbond substituents is 1. The Balaban J connectivity index is 0.000000321. The van der Waals surface area contributed by atoms with Crippen LogP contribution in [0, 0.1) is 5.92 Å². The normalized spacial score (nSPS) is 25.2. The van der Waals surface area contributed by atoms with Crippen molar-refractivity contribution in [1.29, 1.82) is 0 Å². The first-order chi connectivity index (χ1) is 13.5. The van der Waals surface area contributed by atoms with Gasteiger partial charge in [0.25, 0.3) is 0 Å². The summed E-state index contributed by atoms with van der Waals surface area (Å²) in [6, 6.07) is 6.60. The van der Waals surface area contributed by atoms with Gasteiger partial charge in [0, 0.05) is 12.6 Å². The summed E-state index contributed by atoms with van der Waals surface area (Å²) in [6.07, 6.45) is 4.05. The number of likely N-dealkylation sites (tertiary alicyclic amines) is 1. The number of piperidine rings is 1. The van der Waals surface area contributed by atoms with Gasteiger partial charge in [-0.15, -0.1) is 0 Å². The second-order valence-corrected chi connectivity index (χ2v) is 8.63. The summed E-state index contributed by atoms with van der Waals surface area (Å²) in [6.45, 7) is 11.4. The number of carbonyl (C=O) groups is 2. The highest BCUT2D eigenvalue weighted by atomic mass is 16.4. The number of nitrogens with zero attached hydrogens (tertiary/aromatic N) is 1. The molecule has 0 radical (unpaired) electrons. The SMILES string of the molecule is CC(C)=CCN1CC[C@@]2(C)c3cc(O)ccc3C[C@@H]1C2C.O=C(O)CCC(=O)O. The Morgan fingerprint density at radius 3 is 2.38 bits per heavy atom. The first-order valence-electron chi connectivity index (χ1n) is 10.2. The highest BCUT2D eigenvalue weighted by Crippen LogP contribution is 2.49. The molecule has 2 aliphatic rings. The van der Waals surface area contributed by atoms with E-state index in [9.17, 15) is 14.7 Å². The zero-order chi connectivity index (χ0) is 21.8. The van der Waals surface area contributed by atoms with Crippen molar-refractivity contribution >= 4 is 11.9 Å². The smallest absolute Gasteiger partial charge is 0.303 e. The number of hydrogen-bond acceptors (Lipinski definition) is 4. The lowest BCUT2D eigenvalue weighted by molar-refractivity contribution is -0.143. The van der Waals surface area contributed by atoms with Crippen molar-refractivity contribution in [2.45, 2.75) is 64.8 Å². The fourth-order valence-electron chi connectivity index (χ4n) is 4.44. The molecule has 1 unspecified atom stereocenters. The van der Waals surface area contributed by atoms with E-state index in [4.69, 9.17) is 10.2 Å². The fourth-order valence-corrected chi connectivity index (χ4v) is 4.44. The molecule has 3 rings (SSSR count). The summed E-state index contributed by atoms with van der Waals surface area (Å²) in [5, 5.41) is 25.7. The number of rotatable bonds is 5. The summed E-state index contributed by atoms with van der Waals surface area (Å²) >= 11 is 0. The molecule has 1 heterocycles. The molecule has 0 spiro atoms. The zero-order valence-corrected chi connectivity index (χ0v) is 17.8. The minimum Gasteiger partial charge on any atom is -0.508 e. The van der Waals surface area contributed by atoms with Crippen LogP contribution in [0.2, 0.25) is 0 Å². The number of benzene rings is 1. The Kier molecular flexibility index (Phi) is 7.47. The molecule has 2 bridgehead atoms. The number of hydrogen-bond donors (Lipinski definition) is 3. The van der Waals surface area contributed by atoms with E-state index in [0.29, 0.717) is 17.7 Å². The minimum absolute atomic E-state index is 0.207. The third-order valence-corrected chi connectivity index (χ3v) is 6.39. The molecular formula is C23H33NO5. The van der Waals surface area contributed by atoms with Crippen molar-refractivity contribution in [3.8, 4) is 5.75 Å². The van der Waals surface area contributed by atoms with Crippen molar-refractivity contribution in [1.82, 2.24) is 4.90 Å². The molecule has 6 heteroatoms. The maximum atomic E-state index is 9.87. The first kappa shape index (κ1) is 22.9. The Hall–Kier alpha value is -2.34. The largest absolute Gasteiger partial charge is 0.508 e. The third-order valence-electron chi connectivity index (χ3n) is 6.39. The van der Waals surface area contributed by atoms with Crippen LogP contribution in [-0.2, 0) is 21.4 Å². The summed E-state index contributed by atoms with van der Waals surface area (Å²) < 4.78 is 0. The molecule has 0 saturated carbocycles. The van der Waals surface area contributed by atoms with Crippen LogP contribution in [0.15, 0.2) is 29.8 Å². The van der Waals surface area contributed by atoms with Crippen LogP contribution in [0.5, 0.6) is 5.75 Å². The lowest BCUT2D eigenvalue weighted by atomic mass is 9.59. The van der Waals surface area contributed by atoms with Gasteiger partial charge in [-0.1, -0.05) is 31.6 Å². The fraction of sp³-hybridized carbons (Fsp3) is 0.565. The number of carboxylic acids is 2. The molecule has 1 aliphatic heterocycles. The maximum absolute atomic E-state index is 9.87. The van der Waals surface area contributed by atoms with Crippen LogP contribution in [0.4, 0.5) is 0 Å². The van der Waals surface area contributed by atoms with Gasteiger partial charge in [-0.2, -0.15) is 0 Å². The van der Waals surface area contributed by atoms with E-state index in [1.54, 1.807) is 0 Å². The zero-order valence-electron chi connectivity index (χ0n) is 17.8. The summed E-state index contributed by atoms with van der Waals surface area (Å²) in [4.78, 5) is 21.9. The van der Waals surface area contributed by atoms with Crippen LogP contribution in [0.1, 0.15) is 58.1 Å². The number of phenols is 1. The van der Waals surface area contributed by atoms with E-state index in [0.717, 1.165) is 19.5 Å². The molecule has 0 amide bonds. The number of carboxylic acid groups (broad SMARTS) is 2. The average Bonchev–Trinajstić information content (AvgIpc) is 2.63. The molecule has 3 atom stereocenters. The molecule has 3 N–H and O–H groups in total. The molecule has 6 nitrogen and oxygen atoms in total. The van der Waals surface area contributed by atoms with Crippen LogP contribution < -0.4 is 0 Å². The topological polar surface area (TPSA) is 98.1 Å². The van der Waals surface area contributed by atoms with Crippen molar-refractivity contribution in [2.75, 3.05) is 13.1 Å². The Morgan fingerprint density at radius 1 is 1.21 bits per heavy atom. The van der Waals surface area contributed by atoms with Gasteiger partial charge < -0.3 is 15.3 Å². The number of aromatic hydroxyl groups is 1. The van der Waals surface area contributed by atoms with E-state index >= 15 is 0 Å². The predicted octanol–water partition coefficient (Wildman–Crippen LogP) is 3.82. The minimum atomic E-state index is -1.08. The van der Waals surface area contributed by atoms with Crippen molar-refractivity contribution < 1.29 is 24.9 Å². The van der Waals surface area contributed by atoms with Crippen LogP contribution >= 0.6 is 0 Å². The summed E-state index contributed by atoms with van der Waals surface area (Å²) in [7, 11) is 0. The summed E-state index contributed by atoms with van der Waals surface area (Å²) in [5.74, 6) is -1.11. The van der Waals surface area contributed by atoms with Gasteiger partial charge in [-0.05, 0) is 67.8 Å². The van der Waals surface area contributed by atoms with E-state index in [2.05, 4.69) is 44.7 Å². The Bertz CT molecular complexity index is 769. The second kappa shape index (κ2) is 9.44. The number of fused-ring (bicyclic) bond motifs is 4. The van der Waals surface area contributed by atoms with Gasteiger partial charge in [0.2, 0.25) is 0 Å². The van der Waals surface area contributed by atoms with E-state index < -0.39 is 11.9 Å². The lowest BCUT2D eigenvalue weighted by Crippen LogP contribution is -2.57. The standard InChI is InChI=1S/C19H27NO.C4H6O4/c1-13(2)7-9-20-10-8-19(4)14(3)18(20)11-15-5-6-16(21)12-17(15)19;5-3(6)1-2-4(7)8/h5-7,12,14,18,21H,8-11H2,1-4H3;1-2H2,(H,5,6)(H,7,8)/t14?,18-,19-;/m1./s1. The molecule has 1 aliphatic carbocycles. The predicted molar refractivity (Wildman–Crippen MR) is 112 cm³/mol. The molecule has 0 aromatic heterocycles. The monoisotopic (exact) mass is 403 g/mol. The maximum Gasteiger partial charge on any atom is 0.303 e. The third kappa shape index (κ3) is 5.60. The Labute approximate surface area is 172 Å². The van der Waals surface area contributed by atoms with Crippen LogP contribution in [0.3, 0.4) is 0 Å². The quantitative estimate of drug-likeness (QED) is 0.647. The van der Waals surface area contributed by atoms with Gasteiger partial charge in [-0.3, -0.25) is 14.5 Å². The van der Waals surface area contributed by atoms with Crippen molar-refractivity contribution in [2.24, 2.45) is 5.92 Å². The van der Waals surface area contributed by atoms with Gasteiger partial charge in [-0.25, -0.2) is 0 Å². The number of aliphatic carboxylic acids is 2. The lowest BCUT2D eigenvalue weighted by Gasteiger charge is -2.54. The molecule has 160 valence electrons. The first-order valence-corrected chi connectivity index (χ1v) is 10.2. The second-order valence-electron chi connectivity index (χ2n) is 8.63. The van der Waals surface area contributed by atoms with Crippen LogP contribution in [-0.4, -0.2) is 51.3 Å². The van der Waals surface area contributed by atoms with Gasteiger partial charge in [0.1, 0.15) is 5.75 Å². The molecule has 29 heavy (non-hydrogen) atoms. The van der Waals surface area contributed by atoms with E-state index in [1.807, 2.05) is 12.1 Å². The average molecular weight is 404 g/mol. The number of allylic oxidation sites excluding steroid dienone is 1. The highest BCUT2D eigenvalue weighted by Gasteiger charge is 2.48. The molecule has 1 saturated heterocycles. The molecule has 1 fully saturated rings. The molecular weight excluding hydrogens is 370 g/mol. The molecule has 1 aromatic carbocycles. The highest BCUT2D eigenvalue weighted by molar-refractivity contribution is 5.75. The van der Waals surface area contributed by atoms with Gasteiger partial charge in [0.15, 0.2) is 0 Å². The van der Waals surface area contributed by atoms with Crippen molar-refractivity contribution in [3.05, 3.63) is 41.0 Å². The van der Waals surface area contributed by atoms with Crippen molar-refractivity contribution in [3.63, 3.8) is 0 Å². The molecule has 1 aromatic rings. The van der Waals surface area contributed by atoms with Gasteiger partial charge in [0.05, 0.1) is 12.8 Å². The van der Waals surface area contributed by atoms with Gasteiger partial charge >= 0.3 is 11.9 Å². The van der Waals surface area contributed by atoms with E-state index in [1.165, 1.54) is 23.1 Å². The Morgan fingerprint density at radius 2 is 1.83 bits per heavy atom. The van der Waals surface area contributed by atoms with Crippen LogP contribution in [0.25, 0.3) is 0 Å². The van der Waals surface area contributed by atoms with E-state index in [-0.39, 0.29) is 18.3 Å².